The van der Waals surface area contributed by atoms with Gasteiger partial charge in [-0.2, -0.15) is 10.4 Å². The van der Waals surface area contributed by atoms with Gasteiger partial charge in [0.1, 0.15) is 6.07 Å². The van der Waals surface area contributed by atoms with Gasteiger partial charge in [0.15, 0.2) is 5.84 Å². The van der Waals surface area contributed by atoms with E-state index in [1.54, 1.807) is 44.3 Å². The van der Waals surface area contributed by atoms with Crippen LogP contribution in [0.1, 0.15) is 13.8 Å². The maximum atomic E-state index is 13.0. The molecular formula is C15H19N6O3P. The first-order valence-corrected chi connectivity index (χ1v) is 9.08. The minimum atomic E-state index is -3.49. The third kappa shape index (κ3) is 4.06. The molecule has 0 saturated heterocycles. The second kappa shape index (κ2) is 7.94. The Bertz CT molecular complexity index is 888. The van der Waals surface area contributed by atoms with Crippen LogP contribution in [-0.4, -0.2) is 29.7 Å². The average Bonchev–Trinajstić information content (AvgIpc) is 3.04. The lowest BCUT2D eigenvalue weighted by Gasteiger charge is -2.18. The Morgan fingerprint density at radius 3 is 2.68 bits per heavy atom. The second-order valence-electron chi connectivity index (χ2n) is 4.86. The zero-order chi connectivity index (χ0) is 18.4. The monoisotopic (exact) mass is 362 g/mol. The van der Waals surface area contributed by atoms with E-state index in [9.17, 15) is 4.57 Å². The molecule has 25 heavy (non-hydrogen) atoms. The number of nitrogens with zero attached hydrogens (tertiary/aromatic N) is 2. The predicted molar refractivity (Wildman–Crippen MR) is 97.4 cm³/mol. The van der Waals surface area contributed by atoms with Crippen molar-refractivity contribution in [2.45, 2.75) is 13.8 Å². The molecule has 0 spiro atoms. The first-order valence-electron chi connectivity index (χ1n) is 7.54. The van der Waals surface area contributed by atoms with Crippen LogP contribution in [0.5, 0.6) is 0 Å². The zero-order valence-corrected chi connectivity index (χ0v) is 14.8. The number of anilines is 1. The standard InChI is InChI=1S/C15H19N6O3P/c1-3-23-25(22,24-4-2)10-7-12-11(5-6-19-12)13(8-10)20-21-14(9-16)15(17)18/h5-8,19-20H,3-4H2,1-2H3,(H3,17,18)/b21-14+. The number of nitrogens with one attached hydrogen (secondary N) is 3. The summed E-state index contributed by atoms with van der Waals surface area (Å²) < 4.78 is 23.7. The predicted octanol–water partition coefficient (Wildman–Crippen LogP) is 2.29. The molecule has 10 heteroatoms. The lowest BCUT2D eigenvalue weighted by molar-refractivity contribution is 0.230. The average molecular weight is 362 g/mol. The maximum Gasteiger partial charge on any atom is 0.361 e. The van der Waals surface area contributed by atoms with Crippen LogP contribution in [0.25, 0.3) is 10.9 Å². The Balaban J connectivity index is 2.54. The molecule has 0 aliphatic heterocycles. The summed E-state index contributed by atoms with van der Waals surface area (Å²) in [6.07, 6.45) is 1.71. The summed E-state index contributed by atoms with van der Waals surface area (Å²) in [5, 5.41) is 21.2. The summed E-state index contributed by atoms with van der Waals surface area (Å²) in [6, 6.07) is 6.79. The van der Waals surface area contributed by atoms with Crippen molar-refractivity contribution in [1.82, 2.24) is 4.98 Å². The van der Waals surface area contributed by atoms with E-state index in [1.807, 2.05) is 0 Å². The van der Waals surface area contributed by atoms with Crippen LogP contribution >= 0.6 is 7.60 Å². The third-order valence-corrected chi connectivity index (χ3v) is 5.30. The Labute approximate surface area is 144 Å². The van der Waals surface area contributed by atoms with E-state index < -0.39 is 13.4 Å². The lowest BCUT2D eigenvalue weighted by Crippen LogP contribution is -2.22. The van der Waals surface area contributed by atoms with Crippen molar-refractivity contribution >= 4 is 41.0 Å². The van der Waals surface area contributed by atoms with Gasteiger partial charge in [0.2, 0.25) is 5.71 Å². The summed E-state index contributed by atoms with van der Waals surface area (Å²) in [4.78, 5) is 3.03. The molecule has 1 heterocycles. The third-order valence-electron chi connectivity index (χ3n) is 3.22. The van der Waals surface area contributed by atoms with Crippen molar-refractivity contribution in [3.8, 4) is 6.07 Å². The van der Waals surface area contributed by atoms with Crippen molar-refractivity contribution in [3.05, 3.63) is 24.4 Å². The van der Waals surface area contributed by atoms with Crippen LogP contribution in [-0.2, 0) is 13.6 Å². The molecule has 0 fully saturated rings. The molecule has 9 nitrogen and oxygen atoms in total. The van der Waals surface area contributed by atoms with Gasteiger partial charge in [0, 0.05) is 17.1 Å². The fourth-order valence-electron chi connectivity index (χ4n) is 2.19. The molecule has 0 bridgehead atoms. The van der Waals surface area contributed by atoms with Crippen molar-refractivity contribution in [3.63, 3.8) is 0 Å². The van der Waals surface area contributed by atoms with E-state index in [0.29, 0.717) is 16.5 Å². The van der Waals surface area contributed by atoms with Crippen LogP contribution in [0.3, 0.4) is 0 Å². The summed E-state index contributed by atoms with van der Waals surface area (Å²) in [7, 11) is -3.49. The van der Waals surface area contributed by atoms with Crippen molar-refractivity contribution in [2.75, 3.05) is 18.6 Å². The molecule has 0 amide bonds. The van der Waals surface area contributed by atoms with Gasteiger partial charge in [-0.1, -0.05) is 0 Å². The summed E-state index contributed by atoms with van der Waals surface area (Å²) >= 11 is 0. The largest absolute Gasteiger partial charge is 0.382 e. The van der Waals surface area contributed by atoms with Gasteiger partial charge in [-0.05, 0) is 32.0 Å². The summed E-state index contributed by atoms with van der Waals surface area (Å²) in [5.41, 5.74) is 8.88. The van der Waals surface area contributed by atoms with Gasteiger partial charge in [0.05, 0.1) is 24.2 Å². The number of hydrogen-bond acceptors (Lipinski definition) is 7. The minimum Gasteiger partial charge on any atom is -0.382 e. The number of amidine groups is 1. The maximum absolute atomic E-state index is 13.0. The molecule has 0 aliphatic rings. The molecule has 1 aromatic heterocycles. The molecule has 0 atom stereocenters. The van der Waals surface area contributed by atoms with E-state index in [-0.39, 0.29) is 18.9 Å². The first kappa shape index (κ1) is 18.7. The number of nitrogens with two attached hydrogens (primary N) is 1. The Morgan fingerprint density at radius 2 is 2.12 bits per heavy atom. The molecule has 5 N–H and O–H groups in total. The van der Waals surface area contributed by atoms with E-state index in [4.69, 9.17) is 25.5 Å². The SMILES string of the molecule is CCOP(=O)(OCC)c1cc(N/N=C(\C#N)C(=N)N)c2cc[nH]c2c1. The van der Waals surface area contributed by atoms with Crippen LogP contribution in [0.4, 0.5) is 5.69 Å². The summed E-state index contributed by atoms with van der Waals surface area (Å²) in [5.74, 6) is -0.453. The van der Waals surface area contributed by atoms with Crippen LogP contribution in [0.2, 0.25) is 0 Å². The highest BCUT2D eigenvalue weighted by Gasteiger charge is 2.28. The van der Waals surface area contributed by atoms with E-state index in [1.165, 1.54) is 0 Å². The Morgan fingerprint density at radius 1 is 1.44 bits per heavy atom. The van der Waals surface area contributed by atoms with Gasteiger partial charge in [-0.25, -0.2) is 0 Å². The van der Waals surface area contributed by atoms with Crippen LogP contribution < -0.4 is 16.5 Å². The molecular weight excluding hydrogens is 343 g/mol. The minimum absolute atomic E-state index is 0.226. The number of aromatic nitrogens is 1. The second-order valence-corrected chi connectivity index (χ2v) is 6.89. The first-order chi connectivity index (χ1) is 11.9. The zero-order valence-electron chi connectivity index (χ0n) is 13.9. The van der Waals surface area contributed by atoms with Gasteiger partial charge >= 0.3 is 7.60 Å². The number of hydrazone groups is 1. The van der Waals surface area contributed by atoms with Crippen molar-refractivity contribution < 1.29 is 13.6 Å². The van der Waals surface area contributed by atoms with Gasteiger partial charge in [-0.15, -0.1) is 0 Å². The number of nitriles is 1. The van der Waals surface area contributed by atoms with Gasteiger partial charge in [-0.3, -0.25) is 15.4 Å². The number of benzene rings is 1. The summed E-state index contributed by atoms with van der Waals surface area (Å²) in [6.45, 7) is 3.91. The van der Waals surface area contributed by atoms with Crippen LogP contribution in [0.15, 0.2) is 29.5 Å². The quantitative estimate of drug-likeness (QED) is 0.245. The van der Waals surface area contributed by atoms with Crippen molar-refractivity contribution in [1.29, 1.82) is 10.7 Å². The Kier molecular flexibility index (Phi) is 5.93. The highest BCUT2D eigenvalue weighted by molar-refractivity contribution is 7.62. The molecule has 2 rings (SSSR count). The van der Waals surface area contributed by atoms with E-state index in [0.717, 1.165) is 5.39 Å². The van der Waals surface area contributed by atoms with E-state index >= 15 is 0 Å². The molecule has 0 radical (unpaired) electrons. The van der Waals surface area contributed by atoms with Crippen molar-refractivity contribution in [2.24, 2.45) is 10.8 Å². The molecule has 132 valence electrons. The number of hydrogen-bond donors (Lipinski definition) is 4. The molecule has 0 unspecified atom stereocenters. The lowest BCUT2D eigenvalue weighted by atomic mass is 10.2. The number of rotatable bonds is 8. The van der Waals surface area contributed by atoms with Crippen LogP contribution in [0, 0.1) is 16.7 Å². The number of aromatic amines is 1. The van der Waals surface area contributed by atoms with Gasteiger partial charge < -0.3 is 19.8 Å². The molecule has 0 aliphatic carbocycles. The number of fused-ring (bicyclic) bond motifs is 1. The topological polar surface area (TPSA) is 149 Å². The number of H-pyrrole nitrogens is 1. The smallest absolute Gasteiger partial charge is 0.361 e. The fourth-order valence-corrected chi connectivity index (χ4v) is 3.82. The molecule has 0 saturated carbocycles. The Hall–Kier alpha value is -2.66. The normalized spacial score (nSPS) is 12.1. The van der Waals surface area contributed by atoms with Gasteiger partial charge in [0.25, 0.3) is 0 Å². The highest BCUT2D eigenvalue weighted by Crippen LogP contribution is 2.47. The fraction of sp³-hybridized carbons (Fsp3) is 0.267. The molecule has 1 aromatic carbocycles. The molecule has 2 aromatic rings. The van der Waals surface area contributed by atoms with E-state index in [2.05, 4.69) is 15.5 Å². The highest BCUT2D eigenvalue weighted by atomic mass is 31.2.